The Morgan fingerprint density at radius 3 is 2.59 bits per heavy atom. The average molecular weight is 405 g/mol. The van der Waals surface area contributed by atoms with E-state index in [0.717, 1.165) is 28.0 Å². The third-order valence-electron chi connectivity index (χ3n) is 4.70. The number of aromatic nitrogens is 5. The fourth-order valence-electron chi connectivity index (χ4n) is 3.03. The summed E-state index contributed by atoms with van der Waals surface area (Å²) < 4.78 is 12.5. The molecule has 2 heterocycles. The molecule has 146 valence electrons. The Hall–Kier alpha value is -3.13. The molecule has 0 spiro atoms. The molecule has 2 aromatic heterocycles. The second-order valence-electron chi connectivity index (χ2n) is 6.80. The number of ether oxygens (including phenoxy) is 1. The van der Waals surface area contributed by atoms with Crippen LogP contribution in [0.3, 0.4) is 0 Å². The Kier molecular flexibility index (Phi) is 4.77. The predicted molar refractivity (Wildman–Crippen MR) is 109 cm³/mol. The van der Waals surface area contributed by atoms with Gasteiger partial charge in [0, 0.05) is 11.5 Å². The zero-order valence-corrected chi connectivity index (χ0v) is 16.7. The summed E-state index contributed by atoms with van der Waals surface area (Å²) in [5.74, 6) is 3.95. The summed E-state index contributed by atoms with van der Waals surface area (Å²) in [6, 6.07) is 17.7. The van der Waals surface area contributed by atoms with Gasteiger partial charge in [-0.25, -0.2) is 9.67 Å². The minimum absolute atomic E-state index is 0.502. The van der Waals surface area contributed by atoms with Crippen LogP contribution in [0.1, 0.15) is 30.5 Å². The van der Waals surface area contributed by atoms with Gasteiger partial charge in [0.05, 0.1) is 18.6 Å². The van der Waals surface area contributed by atoms with Crippen molar-refractivity contribution in [3.63, 3.8) is 0 Å². The number of hydrogen-bond acceptors (Lipinski definition) is 7. The van der Waals surface area contributed by atoms with Crippen molar-refractivity contribution in [3.8, 4) is 22.8 Å². The molecule has 29 heavy (non-hydrogen) atoms. The number of rotatable bonds is 7. The lowest BCUT2D eigenvalue weighted by molar-refractivity contribution is 0.391. The third-order valence-corrected chi connectivity index (χ3v) is 5.52. The SMILES string of the molecule is COc1ccc(-c2noc(CSc3nc(C4CC4)n(-c4ccccc4)n3)n2)cc1. The summed E-state index contributed by atoms with van der Waals surface area (Å²) >= 11 is 1.50. The van der Waals surface area contributed by atoms with Gasteiger partial charge in [-0.05, 0) is 49.2 Å². The Morgan fingerprint density at radius 1 is 1.07 bits per heavy atom. The number of hydrogen-bond donors (Lipinski definition) is 0. The molecular weight excluding hydrogens is 386 g/mol. The topological polar surface area (TPSA) is 78.9 Å². The minimum Gasteiger partial charge on any atom is -0.497 e. The van der Waals surface area contributed by atoms with Crippen molar-refractivity contribution in [1.82, 2.24) is 24.9 Å². The largest absolute Gasteiger partial charge is 0.497 e. The molecule has 5 rings (SSSR count). The quantitative estimate of drug-likeness (QED) is 0.419. The first-order chi connectivity index (χ1) is 14.3. The van der Waals surface area contributed by atoms with Gasteiger partial charge >= 0.3 is 0 Å². The number of para-hydroxylation sites is 1. The van der Waals surface area contributed by atoms with Crippen LogP contribution < -0.4 is 4.74 Å². The first-order valence-corrected chi connectivity index (χ1v) is 10.4. The first kappa shape index (κ1) is 17.9. The molecule has 0 saturated heterocycles. The van der Waals surface area contributed by atoms with Crippen molar-refractivity contribution in [2.24, 2.45) is 0 Å². The molecule has 0 radical (unpaired) electrons. The highest BCUT2D eigenvalue weighted by atomic mass is 32.2. The van der Waals surface area contributed by atoms with E-state index in [4.69, 9.17) is 19.3 Å². The maximum atomic E-state index is 5.40. The molecule has 4 aromatic rings. The monoisotopic (exact) mass is 405 g/mol. The molecule has 0 atom stereocenters. The van der Waals surface area contributed by atoms with E-state index < -0.39 is 0 Å². The van der Waals surface area contributed by atoms with Crippen LogP contribution >= 0.6 is 11.8 Å². The summed E-state index contributed by atoms with van der Waals surface area (Å²) in [7, 11) is 1.64. The van der Waals surface area contributed by atoms with Gasteiger partial charge in [-0.2, -0.15) is 4.98 Å². The van der Waals surface area contributed by atoms with Crippen LogP contribution in [0.15, 0.2) is 64.3 Å². The van der Waals surface area contributed by atoms with E-state index in [2.05, 4.69) is 10.1 Å². The lowest BCUT2D eigenvalue weighted by Gasteiger charge is -2.03. The van der Waals surface area contributed by atoms with Gasteiger partial charge in [-0.15, -0.1) is 5.10 Å². The Balaban J connectivity index is 1.31. The second-order valence-corrected chi connectivity index (χ2v) is 7.75. The minimum atomic E-state index is 0.502. The van der Waals surface area contributed by atoms with Gasteiger partial charge in [0.15, 0.2) is 0 Å². The average Bonchev–Trinajstić information content (AvgIpc) is 3.35. The molecule has 1 aliphatic carbocycles. The summed E-state index contributed by atoms with van der Waals surface area (Å²) in [6.45, 7) is 0. The van der Waals surface area contributed by atoms with E-state index in [1.165, 1.54) is 24.6 Å². The molecule has 0 N–H and O–H groups in total. The number of nitrogens with zero attached hydrogens (tertiary/aromatic N) is 5. The molecule has 0 bridgehead atoms. The molecule has 1 fully saturated rings. The highest BCUT2D eigenvalue weighted by molar-refractivity contribution is 7.98. The zero-order valence-electron chi connectivity index (χ0n) is 15.9. The lowest BCUT2D eigenvalue weighted by atomic mass is 10.2. The van der Waals surface area contributed by atoms with Crippen LogP contribution in [0.5, 0.6) is 5.75 Å². The molecule has 0 aliphatic heterocycles. The van der Waals surface area contributed by atoms with Crippen molar-refractivity contribution in [2.75, 3.05) is 7.11 Å². The summed E-state index contributed by atoms with van der Waals surface area (Å²) in [5.41, 5.74) is 1.92. The smallest absolute Gasteiger partial charge is 0.237 e. The van der Waals surface area contributed by atoms with Crippen LogP contribution in [-0.2, 0) is 5.75 Å². The molecule has 8 heteroatoms. The predicted octanol–water partition coefficient (Wildman–Crippen LogP) is 4.50. The molecule has 1 aliphatic rings. The maximum absolute atomic E-state index is 5.40. The fourth-order valence-corrected chi connectivity index (χ4v) is 3.70. The standard InChI is InChI=1S/C21H19N5O2S/c1-27-17-11-9-14(10-12-17)19-22-18(28-25-19)13-29-21-23-20(15-7-8-15)26(24-21)16-5-3-2-4-6-16/h2-6,9-12,15H,7-8,13H2,1H3. The van der Waals surface area contributed by atoms with Gasteiger partial charge in [-0.1, -0.05) is 35.1 Å². The Bertz CT molecular complexity index is 1100. The van der Waals surface area contributed by atoms with E-state index in [-0.39, 0.29) is 0 Å². The number of methoxy groups -OCH3 is 1. The van der Waals surface area contributed by atoms with Crippen molar-refractivity contribution in [2.45, 2.75) is 29.7 Å². The highest BCUT2D eigenvalue weighted by Crippen LogP contribution is 2.40. The van der Waals surface area contributed by atoms with Crippen molar-refractivity contribution < 1.29 is 9.26 Å². The van der Waals surface area contributed by atoms with Gasteiger partial charge in [0.25, 0.3) is 0 Å². The molecular formula is C21H19N5O2S. The van der Waals surface area contributed by atoms with Crippen molar-refractivity contribution >= 4 is 11.8 Å². The number of thioether (sulfide) groups is 1. The molecule has 0 amide bonds. The van der Waals surface area contributed by atoms with Gasteiger partial charge in [-0.3, -0.25) is 0 Å². The Morgan fingerprint density at radius 2 is 1.86 bits per heavy atom. The first-order valence-electron chi connectivity index (χ1n) is 9.42. The molecule has 2 aromatic carbocycles. The highest BCUT2D eigenvalue weighted by Gasteiger charge is 2.30. The molecule has 7 nitrogen and oxygen atoms in total. The number of benzene rings is 2. The van der Waals surface area contributed by atoms with E-state index in [1.54, 1.807) is 7.11 Å². The second kappa shape index (κ2) is 7.71. The molecule has 1 saturated carbocycles. The van der Waals surface area contributed by atoms with Crippen LogP contribution in [0.25, 0.3) is 17.1 Å². The van der Waals surface area contributed by atoms with Crippen molar-refractivity contribution in [3.05, 3.63) is 66.3 Å². The third kappa shape index (κ3) is 3.88. The van der Waals surface area contributed by atoms with Gasteiger partial charge in [0.1, 0.15) is 11.6 Å². The van der Waals surface area contributed by atoms with Crippen LogP contribution in [-0.4, -0.2) is 32.0 Å². The zero-order chi connectivity index (χ0) is 19.6. The van der Waals surface area contributed by atoms with Crippen LogP contribution in [0, 0.1) is 0 Å². The van der Waals surface area contributed by atoms with Gasteiger partial charge in [0.2, 0.25) is 16.9 Å². The normalized spacial score (nSPS) is 13.6. The summed E-state index contributed by atoms with van der Waals surface area (Å²) in [5, 5.41) is 9.50. The summed E-state index contributed by atoms with van der Waals surface area (Å²) in [4.78, 5) is 9.24. The maximum Gasteiger partial charge on any atom is 0.237 e. The van der Waals surface area contributed by atoms with Crippen molar-refractivity contribution in [1.29, 1.82) is 0 Å². The van der Waals surface area contributed by atoms with Gasteiger partial charge < -0.3 is 9.26 Å². The van der Waals surface area contributed by atoms with Crippen LogP contribution in [0.4, 0.5) is 0 Å². The summed E-state index contributed by atoms with van der Waals surface area (Å²) in [6.07, 6.45) is 2.34. The fraction of sp³-hybridized carbons (Fsp3) is 0.238. The van der Waals surface area contributed by atoms with E-state index >= 15 is 0 Å². The molecule has 0 unspecified atom stereocenters. The van der Waals surface area contributed by atoms with E-state index in [0.29, 0.717) is 23.4 Å². The lowest BCUT2D eigenvalue weighted by Crippen LogP contribution is -2.01. The van der Waals surface area contributed by atoms with Crippen LogP contribution in [0.2, 0.25) is 0 Å². The Labute approximate surface area is 172 Å². The van der Waals surface area contributed by atoms with E-state index in [1.807, 2.05) is 59.3 Å². The van der Waals surface area contributed by atoms with E-state index in [9.17, 15) is 0 Å².